The van der Waals surface area contributed by atoms with Gasteiger partial charge < -0.3 is 0 Å². The molecule has 1 aliphatic rings. The Bertz CT molecular complexity index is 165. The van der Waals surface area contributed by atoms with E-state index in [9.17, 15) is 4.79 Å². The summed E-state index contributed by atoms with van der Waals surface area (Å²) in [7, 11) is 0. The molecule has 0 saturated heterocycles. The third-order valence-electron chi connectivity index (χ3n) is 2.21. The molecule has 70 valence electrons. The molecule has 1 rings (SSSR count). The maximum atomic E-state index is 11.5. The summed E-state index contributed by atoms with van der Waals surface area (Å²) < 4.78 is 0.236. The molecule has 0 atom stereocenters. The van der Waals surface area contributed by atoms with Crippen LogP contribution in [0.3, 0.4) is 0 Å². The Labute approximate surface area is 79.3 Å². The fourth-order valence-corrected chi connectivity index (χ4v) is 1.95. The summed E-state index contributed by atoms with van der Waals surface area (Å²) in [4.78, 5) is 11.5. The van der Waals surface area contributed by atoms with Crippen molar-refractivity contribution >= 4 is 17.5 Å². The van der Waals surface area contributed by atoms with Crippen LogP contribution in [0.4, 0.5) is 0 Å². The molecule has 0 radical (unpaired) electrons. The van der Waals surface area contributed by atoms with Gasteiger partial charge in [-0.15, -0.1) is 11.8 Å². The van der Waals surface area contributed by atoms with E-state index in [0.717, 1.165) is 12.8 Å². The van der Waals surface area contributed by atoms with Crippen molar-refractivity contribution in [3.8, 4) is 0 Å². The second-order valence-electron chi connectivity index (χ2n) is 4.50. The maximum absolute atomic E-state index is 11.5. The van der Waals surface area contributed by atoms with E-state index in [1.807, 2.05) is 0 Å². The first-order valence-electron chi connectivity index (χ1n) is 4.66. The normalized spacial score (nSPS) is 18.9. The van der Waals surface area contributed by atoms with Crippen molar-refractivity contribution in [1.29, 1.82) is 0 Å². The fourth-order valence-electron chi connectivity index (χ4n) is 1.14. The molecule has 0 spiro atoms. The van der Waals surface area contributed by atoms with E-state index in [-0.39, 0.29) is 4.75 Å². The molecule has 0 unspecified atom stereocenters. The van der Waals surface area contributed by atoms with E-state index >= 15 is 0 Å². The van der Waals surface area contributed by atoms with Gasteiger partial charge in [-0.2, -0.15) is 0 Å². The van der Waals surface area contributed by atoms with Gasteiger partial charge in [0.1, 0.15) is 5.78 Å². The van der Waals surface area contributed by atoms with Gasteiger partial charge in [-0.05, 0) is 12.8 Å². The molecule has 0 aliphatic heterocycles. The largest absolute Gasteiger partial charge is 0.298 e. The second kappa shape index (κ2) is 3.82. The molecule has 1 saturated carbocycles. The Morgan fingerprint density at radius 3 is 2.33 bits per heavy atom. The Balaban J connectivity index is 2.18. The van der Waals surface area contributed by atoms with Gasteiger partial charge in [0.2, 0.25) is 0 Å². The predicted molar refractivity (Wildman–Crippen MR) is 54.6 cm³/mol. The summed E-state index contributed by atoms with van der Waals surface area (Å²) in [5.41, 5.74) is 0. The Morgan fingerprint density at radius 1 is 1.42 bits per heavy atom. The standard InChI is InChI=1S/C10H18OS/c1-10(2,3)12-7-9(11)8-5-4-6-8/h8H,4-7H2,1-3H3. The lowest BCUT2D eigenvalue weighted by molar-refractivity contribution is -0.122. The topological polar surface area (TPSA) is 17.1 Å². The number of rotatable bonds is 3. The molecule has 0 N–H and O–H groups in total. The van der Waals surface area contributed by atoms with E-state index in [1.165, 1.54) is 6.42 Å². The third-order valence-corrected chi connectivity index (χ3v) is 3.50. The first-order valence-corrected chi connectivity index (χ1v) is 5.64. The Morgan fingerprint density at radius 2 is 2.00 bits per heavy atom. The molecule has 1 nitrogen and oxygen atoms in total. The van der Waals surface area contributed by atoms with Crippen LogP contribution in [0.25, 0.3) is 0 Å². The molecule has 2 heteroatoms. The highest BCUT2D eigenvalue weighted by atomic mass is 32.2. The molecule has 0 heterocycles. The van der Waals surface area contributed by atoms with Gasteiger partial charge >= 0.3 is 0 Å². The van der Waals surface area contributed by atoms with Gasteiger partial charge in [-0.3, -0.25) is 4.79 Å². The summed E-state index contributed by atoms with van der Waals surface area (Å²) in [6.45, 7) is 6.48. The number of Topliss-reactive ketones (excluding diaryl/α,β-unsaturated/α-hetero) is 1. The Hall–Kier alpha value is 0.0200. The minimum atomic E-state index is 0.236. The van der Waals surface area contributed by atoms with Crippen LogP contribution in [0, 0.1) is 5.92 Å². The maximum Gasteiger partial charge on any atom is 0.145 e. The van der Waals surface area contributed by atoms with Crippen molar-refractivity contribution in [2.75, 3.05) is 5.75 Å². The lowest BCUT2D eigenvalue weighted by Crippen LogP contribution is -2.25. The highest BCUT2D eigenvalue weighted by molar-refractivity contribution is 8.01. The average Bonchev–Trinajstić information content (AvgIpc) is 1.78. The van der Waals surface area contributed by atoms with Crippen LogP contribution < -0.4 is 0 Å². The molecule has 0 amide bonds. The van der Waals surface area contributed by atoms with Gasteiger partial charge in [-0.1, -0.05) is 27.2 Å². The molecule has 1 fully saturated rings. The van der Waals surface area contributed by atoms with Crippen LogP contribution in [0.15, 0.2) is 0 Å². The van der Waals surface area contributed by atoms with E-state index in [4.69, 9.17) is 0 Å². The summed E-state index contributed by atoms with van der Waals surface area (Å²) in [6.07, 6.45) is 3.55. The first-order chi connectivity index (χ1) is 5.49. The lowest BCUT2D eigenvalue weighted by atomic mass is 9.83. The van der Waals surface area contributed by atoms with Gasteiger partial charge in [0.05, 0.1) is 5.75 Å². The van der Waals surface area contributed by atoms with E-state index in [1.54, 1.807) is 11.8 Å². The molecular weight excluding hydrogens is 168 g/mol. The van der Waals surface area contributed by atoms with Crippen molar-refractivity contribution < 1.29 is 4.79 Å². The average molecular weight is 186 g/mol. The van der Waals surface area contributed by atoms with E-state index in [0.29, 0.717) is 17.5 Å². The highest BCUT2D eigenvalue weighted by Crippen LogP contribution is 2.30. The lowest BCUT2D eigenvalue weighted by Gasteiger charge is -2.25. The highest BCUT2D eigenvalue weighted by Gasteiger charge is 2.25. The summed E-state index contributed by atoms with van der Waals surface area (Å²) in [5, 5.41) is 0. The SMILES string of the molecule is CC(C)(C)SCC(=O)C1CCC1. The van der Waals surface area contributed by atoms with Crippen molar-refractivity contribution in [3.05, 3.63) is 0 Å². The predicted octanol–water partition coefficient (Wildman–Crippen LogP) is 2.89. The van der Waals surface area contributed by atoms with Gasteiger partial charge in [0, 0.05) is 10.7 Å². The summed E-state index contributed by atoms with van der Waals surface area (Å²) in [6, 6.07) is 0. The second-order valence-corrected chi connectivity index (χ2v) is 6.30. The zero-order valence-corrected chi connectivity index (χ0v) is 9.04. The number of carbonyl (C=O) groups is 1. The van der Waals surface area contributed by atoms with Crippen LogP contribution >= 0.6 is 11.8 Å². The van der Waals surface area contributed by atoms with Crippen LogP contribution in [0.1, 0.15) is 40.0 Å². The summed E-state index contributed by atoms with van der Waals surface area (Å²) in [5.74, 6) is 1.61. The van der Waals surface area contributed by atoms with Gasteiger partial charge in [-0.25, -0.2) is 0 Å². The van der Waals surface area contributed by atoms with Crippen LogP contribution in [0.5, 0.6) is 0 Å². The molecule has 12 heavy (non-hydrogen) atoms. The smallest absolute Gasteiger partial charge is 0.145 e. The van der Waals surface area contributed by atoms with Crippen LogP contribution in [0.2, 0.25) is 0 Å². The molecule has 0 bridgehead atoms. The minimum Gasteiger partial charge on any atom is -0.298 e. The van der Waals surface area contributed by atoms with Crippen molar-refractivity contribution in [2.24, 2.45) is 5.92 Å². The Kier molecular flexibility index (Phi) is 3.22. The zero-order valence-electron chi connectivity index (χ0n) is 8.22. The molecule has 1 aliphatic carbocycles. The first kappa shape index (κ1) is 10.1. The molecule has 0 aromatic carbocycles. The van der Waals surface area contributed by atoms with E-state index in [2.05, 4.69) is 20.8 Å². The van der Waals surface area contributed by atoms with Crippen molar-refractivity contribution in [3.63, 3.8) is 0 Å². The molecule has 0 aromatic heterocycles. The molecular formula is C10H18OS. The number of carbonyl (C=O) groups excluding carboxylic acids is 1. The van der Waals surface area contributed by atoms with Crippen LogP contribution in [-0.2, 0) is 4.79 Å². The number of ketones is 1. The van der Waals surface area contributed by atoms with Crippen molar-refractivity contribution in [1.82, 2.24) is 0 Å². The fraction of sp³-hybridized carbons (Fsp3) is 0.900. The number of hydrogen-bond acceptors (Lipinski definition) is 2. The van der Waals surface area contributed by atoms with Gasteiger partial charge in [0.15, 0.2) is 0 Å². The van der Waals surface area contributed by atoms with Gasteiger partial charge in [0.25, 0.3) is 0 Å². The van der Waals surface area contributed by atoms with Crippen LogP contribution in [-0.4, -0.2) is 16.3 Å². The third kappa shape index (κ3) is 3.18. The number of hydrogen-bond donors (Lipinski definition) is 0. The quantitative estimate of drug-likeness (QED) is 0.674. The minimum absolute atomic E-state index is 0.236. The zero-order chi connectivity index (χ0) is 9.19. The van der Waals surface area contributed by atoms with Crippen molar-refractivity contribution in [2.45, 2.75) is 44.8 Å². The number of thioether (sulfide) groups is 1. The summed E-state index contributed by atoms with van der Waals surface area (Å²) >= 11 is 1.77. The molecule has 0 aromatic rings. The monoisotopic (exact) mass is 186 g/mol. The van der Waals surface area contributed by atoms with E-state index < -0.39 is 0 Å².